The Kier molecular flexibility index (Phi) is 6.30. The molecule has 148 valence electrons. The SMILES string of the molecule is CCS(=O)c1ccccc1C(=O)OC(C)C(=O)Nc1ccc2c(c1)OCCO2. The first-order chi connectivity index (χ1) is 13.5. The van der Waals surface area contributed by atoms with Crippen LogP contribution in [0.2, 0.25) is 0 Å². The van der Waals surface area contributed by atoms with Gasteiger partial charge in [-0.2, -0.15) is 0 Å². The van der Waals surface area contributed by atoms with E-state index in [-0.39, 0.29) is 5.56 Å². The Morgan fingerprint density at radius 1 is 1.14 bits per heavy atom. The molecule has 2 aromatic rings. The van der Waals surface area contributed by atoms with Crippen LogP contribution in [0.4, 0.5) is 5.69 Å². The maximum absolute atomic E-state index is 12.5. The van der Waals surface area contributed by atoms with E-state index in [1.165, 1.54) is 13.0 Å². The lowest BCUT2D eigenvalue weighted by atomic mass is 10.2. The molecule has 1 heterocycles. The van der Waals surface area contributed by atoms with E-state index in [2.05, 4.69) is 5.32 Å². The van der Waals surface area contributed by atoms with Gasteiger partial charge in [0.05, 0.1) is 21.3 Å². The Labute approximate surface area is 165 Å². The third-order valence-corrected chi connectivity index (χ3v) is 5.45. The van der Waals surface area contributed by atoms with Crippen LogP contribution in [0.1, 0.15) is 24.2 Å². The summed E-state index contributed by atoms with van der Waals surface area (Å²) in [4.78, 5) is 25.3. The van der Waals surface area contributed by atoms with Gasteiger partial charge in [0.25, 0.3) is 5.91 Å². The second-order valence-electron chi connectivity index (χ2n) is 6.03. The summed E-state index contributed by atoms with van der Waals surface area (Å²) in [6.07, 6.45) is -1.04. The largest absolute Gasteiger partial charge is 0.486 e. The molecule has 0 bridgehead atoms. The van der Waals surface area contributed by atoms with Gasteiger partial charge in [-0.3, -0.25) is 9.00 Å². The highest BCUT2D eigenvalue weighted by Gasteiger charge is 2.23. The predicted octanol–water partition coefficient (Wildman–Crippen LogP) is 2.77. The molecule has 1 aliphatic rings. The van der Waals surface area contributed by atoms with E-state index in [4.69, 9.17) is 14.2 Å². The Morgan fingerprint density at radius 2 is 1.86 bits per heavy atom. The fourth-order valence-corrected chi connectivity index (χ4v) is 3.57. The van der Waals surface area contributed by atoms with Crippen LogP contribution in [0.5, 0.6) is 11.5 Å². The number of fused-ring (bicyclic) bond motifs is 1. The zero-order chi connectivity index (χ0) is 20.1. The van der Waals surface area contributed by atoms with Gasteiger partial charge in [-0.15, -0.1) is 0 Å². The van der Waals surface area contributed by atoms with Crippen molar-refractivity contribution in [3.05, 3.63) is 48.0 Å². The molecule has 0 aromatic heterocycles. The van der Waals surface area contributed by atoms with Gasteiger partial charge in [-0.25, -0.2) is 4.79 Å². The Hall–Kier alpha value is -2.87. The summed E-state index contributed by atoms with van der Waals surface area (Å²) in [5, 5.41) is 2.69. The maximum atomic E-state index is 12.5. The lowest BCUT2D eigenvalue weighted by Gasteiger charge is -2.19. The minimum atomic E-state index is -1.31. The van der Waals surface area contributed by atoms with Gasteiger partial charge in [0.1, 0.15) is 13.2 Å². The number of carbonyl (C=O) groups is 2. The number of benzene rings is 2. The number of hydrogen-bond donors (Lipinski definition) is 1. The molecule has 1 aliphatic heterocycles. The summed E-state index contributed by atoms with van der Waals surface area (Å²) < 4.78 is 28.3. The minimum Gasteiger partial charge on any atom is -0.486 e. The molecule has 1 N–H and O–H groups in total. The van der Waals surface area contributed by atoms with Gasteiger partial charge in [0.2, 0.25) is 0 Å². The highest BCUT2D eigenvalue weighted by molar-refractivity contribution is 7.85. The number of nitrogens with one attached hydrogen (secondary N) is 1. The zero-order valence-electron chi connectivity index (χ0n) is 15.6. The van der Waals surface area contributed by atoms with Crippen molar-refractivity contribution in [1.29, 1.82) is 0 Å². The number of rotatable bonds is 6. The van der Waals surface area contributed by atoms with E-state index in [9.17, 15) is 13.8 Å². The first-order valence-corrected chi connectivity index (χ1v) is 10.2. The number of esters is 1. The van der Waals surface area contributed by atoms with Crippen LogP contribution in [0, 0.1) is 0 Å². The van der Waals surface area contributed by atoms with E-state index in [0.29, 0.717) is 41.0 Å². The van der Waals surface area contributed by atoms with Crippen LogP contribution in [0.25, 0.3) is 0 Å². The van der Waals surface area contributed by atoms with Crippen molar-refractivity contribution in [3.8, 4) is 11.5 Å². The molecule has 8 heteroatoms. The van der Waals surface area contributed by atoms with Crippen LogP contribution < -0.4 is 14.8 Å². The summed E-state index contributed by atoms with van der Waals surface area (Å²) in [6, 6.07) is 11.6. The smallest absolute Gasteiger partial charge is 0.340 e. The Morgan fingerprint density at radius 3 is 2.61 bits per heavy atom. The molecule has 0 aliphatic carbocycles. The van der Waals surface area contributed by atoms with E-state index >= 15 is 0 Å². The van der Waals surface area contributed by atoms with Crippen molar-refractivity contribution in [2.75, 3.05) is 24.3 Å². The van der Waals surface area contributed by atoms with Crippen molar-refractivity contribution in [2.45, 2.75) is 24.8 Å². The number of amides is 1. The summed E-state index contributed by atoms with van der Waals surface area (Å²) in [6.45, 7) is 4.17. The van der Waals surface area contributed by atoms with E-state index in [0.717, 1.165) is 0 Å². The lowest BCUT2D eigenvalue weighted by molar-refractivity contribution is -0.123. The van der Waals surface area contributed by atoms with Crippen LogP contribution in [0.15, 0.2) is 47.4 Å². The van der Waals surface area contributed by atoms with Crippen molar-refractivity contribution in [3.63, 3.8) is 0 Å². The van der Waals surface area contributed by atoms with Crippen molar-refractivity contribution in [2.24, 2.45) is 0 Å². The second kappa shape index (κ2) is 8.88. The third kappa shape index (κ3) is 4.51. The fourth-order valence-electron chi connectivity index (χ4n) is 2.63. The molecule has 0 fully saturated rings. The number of anilines is 1. The van der Waals surface area contributed by atoms with Gasteiger partial charge in [-0.05, 0) is 31.2 Å². The predicted molar refractivity (Wildman–Crippen MR) is 104 cm³/mol. The molecule has 28 heavy (non-hydrogen) atoms. The molecule has 2 atom stereocenters. The summed E-state index contributed by atoms with van der Waals surface area (Å²) in [5.41, 5.74) is 0.700. The fraction of sp³-hybridized carbons (Fsp3) is 0.300. The first-order valence-electron chi connectivity index (χ1n) is 8.88. The molecule has 1 amide bonds. The number of ether oxygens (including phenoxy) is 3. The molecular weight excluding hydrogens is 382 g/mol. The molecule has 2 unspecified atom stereocenters. The van der Waals surface area contributed by atoms with Crippen molar-refractivity contribution >= 4 is 28.4 Å². The van der Waals surface area contributed by atoms with E-state index in [1.807, 2.05) is 0 Å². The quantitative estimate of drug-likeness (QED) is 0.746. The third-order valence-electron chi connectivity index (χ3n) is 4.08. The second-order valence-corrected chi connectivity index (χ2v) is 7.73. The van der Waals surface area contributed by atoms with Gasteiger partial charge in [0.15, 0.2) is 17.6 Å². The van der Waals surface area contributed by atoms with Crippen LogP contribution in [-0.4, -0.2) is 41.2 Å². The van der Waals surface area contributed by atoms with E-state index < -0.39 is 28.8 Å². The molecule has 2 aromatic carbocycles. The van der Waals surface area contributed by atoms with Gasteiger partial charge < -0.3 is 19.5 Å². The first kappa shape index (κ1) is 19.9. The van der Waals surface area contributed by atoms with Crippen LogP contribution in [0.3, 0.4) is 0 Å². The minimum absolute atomic E-state index is 0.196. The molecule has 0 radical (unpaired) electrons. The molecular formula is C20H21NO6S. The monoisotopic (exact) mass is 403 g/mol. The number of hydrogen-bond acceptors (Lipinski definition) is 6. The topological polar surface area (TPSA) is 90.9 Å². The van der Waals surface area contributed by atoms with Crippen molar-refractivity contribution < 1.29 is 28.0 Å². The Balaban J connectivity index is 1.66. The molecule has 0 saturated heterocycles. The highest BCUT2D eigenvalue weighted by Crippen LogP contribution is 2.32. The molecule has 0 spiro atoms. The van der Waals surface area contributed by atoms with Gasteiger partial charge in [-0.1, -0.05) is 19.1 Å². The lowest BCUT2D eigenvalue weighted by Crippen LogP contribution is -2.30. The average Bonchev–Trinajstić information content (AvgIpc) is 2.72. The maximum Gasteiger partial charge on any atom is 0.340 e. The summed E-state index contributed by atoms with van der Waals surface area (Å²) in [5.74, 6) is 0.361. The molecule has 7 nitrogen and oxygen atoms in total. The van der Waals surface area contributed by atoms with Gasteiger partial charge >= 0.3 is 5.97 Å². The zero-order valence-corrected chi connectivity index (χ0v) is 16.4. The average molecular weight is 403 g/mol. The highest BCUT2D eigenvalue weighted by atomic mass is 32.2. The Bertz CT molecular complexity index is 913. The van der Waals surface area contributed by atoms with Crippen LogP contribution >= 0.6 is 0 Å². The molecule has 0 saturated carbocycles. The van der Waals surface area contributed by atoms with Crippen LogP contribution in [-0.2, 0) is 20.3 Å². The van der Waals surface area contributed by atoms with Crippen molar-refractivity contribution in [1.82, 2.24) is 0 Å². The summed E-state index contributed by atoms with van der Waals surface area (Å²) >= 11 is 0. The summed E-state index contributed by atoms with van der Waals surface area (Å²) in [7, 11) is -1.31. The van der Waals surface area contributed by atoms with Gasteiger partial charge in [0, 0.05) is 17.5 Å². The standard InChI is InChI=1S/C20H21NO6S/c1-3-28(24)18-7-5-4-6-15(18)20(23)27-13(2)19(22)21-14-8-9-16-17(12-14)26-11-10-25-16/h4-9,12-13H,3,10-11H2,1-2H3,(H,21,22). The number of carbonyl (C=O) groups excluding carboxylic acids is 2. The normalized spacial score (nSPS) is 14.6. The van der Waals surface area contributed by atoms with E-state index in [1.54, 1.807) is 43.3 Å². The molecule has 3 rings (SSSR count).